The van der Waals surface area contributed by atoms with Crippen LogP contribution in [0.3, 0.4) is 0 Å². The lowest BCUT2D eigenvalue weighted by atomic mass is 10.0. The fourth-order valence-corrected chi connectivity index (χ4v) is 7.22. The molecule has 0 bridgehead atoms. The van der Waals surface area contributed by atoms with Crippen molar-refractivity contribution in [1.29, 1.82) is 0 Å². The zero-order valence-corrected chi connectivity index (χ0v) is 27.1. The fourth-order valence-electron chi connectivity index (χ4n) is 7.22. The largest absolute Gasteiger partial charge is 0.309 e. The molecule has 0 aliphatic heterocycles. The molecule has 0 radical (unpaired) electrons. The van der Waals surface area contributed by atoms with E-state index in [1.165, 1.54) is 38.2 Å². The topological polar surface area (TPSA) is 35.6 Å². The SMILES string of the molecule is CCc1ccc(-c2cc(-c3ccc(CC)cc3)nc(-n3c4ccccc4c4ccc5c(c6ccccc6n5-c5ccccc5)c43)n2)cc1. The molecule has 48 heavy (non-hydrogen) atoms. The predicted octanol–water partition coefficient (Wildman–Crippen LogP) is 11.1. The van der Waals surface area contributed by atoms with Crippen LogP contribution in [0, 0.1) is 0 Å². The van der Waals surface area contributed by atoms with Crippen molar-refractivity contribution in [3.8, 4) is 34.2 Å². The minimum absolute atomic E-state index is 0.664. The molecule has 9 aromatic rings. The molecule has 0 spiro atoms. The maximum atomic E-state index is 5.36. The molecule has 0 fully saturated rings. The first-order valence-corrected chi connectivity index (χ1v) is 16.8. The van der Waals surface area contributed by atoms with Crippen LogP contribution in [0.2, 0.25) is 0 Å². The van der Waals surface area contributed by atoms with Gasteiger partial charge in [-0.2, -0.15) is 0 Å². The lowest BCUT2D eigenvalue weighted by Gasteiger charge is -2.13. The normalized spacial score (nSPS) is 11.7. The van der Waals surface area contributed by atoms with Crippen molar-refractivity contribution in [2.45, 2.75) is 26.7 Å². The van der Waals surface area contributed by atoms with E-state index >= 15 is 0 Å². The van der Waals surface area contributed by atoms with Crippen molar-refractivity contribution in [3.63, 3.8) is 0 Å². The molecule has 0 atom stereocenters. The number of hydrogen-bond acceptors (Lipinski definition) is 2. The van der Waals surface area contributed by atoms with Crippen LogP contribution in [0.4, 0.5) is 0 Å². The fraction of sp³-hybridized carbons (Fsp3) is 0.0909. The Balaban J connectivity index is 1.41. The predicted molar refractivity (Wildman–Crippen MR) is 200 cm³/mol. The lowest BCUT2D eigenvalue weighted by molar-refractivity contribution is 0.997. The summed E-state index contributed by atoms with van der Waals surface area (Å²) in [5.41, 5.74) is 12.2. The monoisotopic (exact) mass is 618 g/mol. The Kier molecular flexibility index (Phi) is 6.68. The highest BCUT2D eigenvalue weighted by molar-refractivity contribution is 6.26. The second kappa shape index (κ2) is 11.4. The summed E-state index contributed by atoms with van der Waals surface area (Å²) < 4.78 is 4.67. The Morgan fingerprint density at radius 3 is 1.60 bits per heavy atom. The number of benzene rings is 6. The number of nitrogens with zero attached hydrogens (tertiary/aromatic N) is 4. The maximum Gasteiger partial charge on any atom is 0.235 e. The van der Waals surface area contributed by atoms with Gasteiger partial charge in [-0.15, -0.1) is 0 Å². The molecule has 9 rings (SSSR count). The smallest absolute Gasteiger partial charge is 0.235 e. The summed E-state index contributed by atoms with van der Waals surface area (Å²) in [5, 5.41) is 4.76. The number of fused-ring (bicyclic) bond motifs is 7. The molecule has 4 nitrogen and oxygen atoms in total. The summed E-state index contributed by atoms with van der Waals surface area (Å²) in [6.07, 6.45) is 2.00. The minimum Gasteiger partial charge on any atom is -0.309 e. The van der Waals surface area contributed by atoms with Gasteiger partial charge in [0.15, 0.2) is 0 Å². The van der Waals surface area contributed by atoms with Gasteiger partial charge in [-0.3, -0.25) is 4.57 Å². The van der Waals surface area contributed by atoms with Crippen molar-refractivity contribution in [3.05, 3.63) is 157 Å². The van der Waals surface area contributed by atoms with Gasteiger partial charge in [0.05, 0.1) is 33.5 Å². The van der Waals surface area contributed by atoms with Crippen LogP contribution in [-0.4, -0.2) is 19.1 Å². The number of hydrogen-bond donors (Lipinski definition) is 0. The molecule has 0 amide bonds. The molecule has 230 valence electrons. The van der Waals surface area contributed by atoms with E-state index in [9.17, 15) is 0 Å². The van der Waals surface area contributed by atoms with E-state index in [2.05, 4.69) is 169 Å². The van der Waals surface area contributed by atoms with Crippen molar-refractivity contribution < 1.29 is 0 Å². The minimum atomic E-state index is 0.664. The Morgan fingerprint density at radius 1 is 0.458 bits per heavy atom. The van der Waals surface area contributed by atoms with Crippen LogP contribution in [0.15, 0.2) is 146 Å². The Morgan fingerprint density at radius 2 is 1.00 bits per heavy atom. The van der Waals surface area contributed by atoms with Gasteiger partial charge in [0.1, 0.15) is 0 Å². The second-order valence-electron chi connectivity index (χ2n) is 12.4. The molecular weight excluding hydrogens is 585 g/mol. The Hall–Kier alpha value is -6.00. The summed E-state index contributed by atoms with van der Waals surface area (Å²) in [6, 6.07) is 52.2. The number of aryl methyl sites for hydroxylation is 2. The van der Waals surface area contributed by atoms with Gasteiger partial charge in [-0.1, -0.05) is 123 Å². The van der Waals surface area contributed by atoms with E-state index in [-0.39, 0.29) is 0 Å². The first-order valence-electron chi connectivity index (χ1n) is 16.8. The highest BCUT2D eigenvalue weighted by Crippen LogP contribution is 2.42. The zero-order chi connectivity index (χ0) is 32.2. The van der Waals surface area contributed by atoms with Gasteiger partial charge in [0, 0.05) is 38.4 Å². The molecule has 3 heterocycles. The summed E-state index contributed by atoms with van der Waals surface area (Å²) in [7, 11) is 0. The summed E-state index contributed by atoms with van der Waals surface area (Å²) >= 11 is 0. The van der Waals surface area contributed by atoms with E-state index < -0.39 is 0 Å². The molecule has 3 aromatic heterocycles. The molecular formula is C44H34N4. The first-order chi connectivity index (χ1) is 23.7. The molecule has 6 aromatic carbocycles. The number of rotatable bonds is 6. The highest BCUT2D eigenvalue weighted by Gasteiger charge is 2.22. The van der Waals surface area contributed by atoms with Crippen LogP contribution < -0.4 is 0 Å². The summed E-state index contributed by atoms with van der Waals surface area (Å²) in [4.78, 5) is 10.7. The Labute approximate surface area is 279 Å². The molecule has 0 aliphatic carbocycles. The maximum absolute atomic E-state index is 5.36. The van der Waals surface area contributed by atoms with Crippen molar-refractivity contribution >= 4 is 43.6 Å². The van der Waals surface area contributed by atoms with Crippen molar-refractivity contribution in [2.75, 3.05) is 0 Å². The molecule has 0 saturated heterocycles. The van der Waals surface area contributed by atoms with Crippen LogP contribution in [0.5, 0.6) is 0 Å². The number of aromatic nitrogens is 4. The van der Waals surface area contributed by atoms with E-state index in [1.54, 1.807) is 0 Å². The van der Waals surface area contributed by atoms with Gasteiger partial charge in [-0.05, 0) is 60.4 Å². The Bertz CT molecular complexity index is 2540. The van der Waals surface area contributed by atoms with Gasteiger partial charge in [0.2, 0.25) is 5.95 Å². The standard InChI is InChI=1S/C44H34N4/c1-3-29-18-22-31(23-19-29)37-28-38(32-24-20-30(4-2)21-25-32)46-44(45-37)48-39-16-10-8-14-34(39)35-26-27-41-42(43(35)48)36-15-9-11-17-40(36)47(41)33-12-6-5-7-13-33/h5-28H,3-4H2,1-2H3. The average molecular weight is 619 g/mol. The van der Waals surface area contributed by atoms with Crippen LogP contribution in [0.1, 0.15) is 25.0 Å². The number of para-hydroxylation sites is 3. The second-order valence-corrected chi connectivity index (χ2v) is 12.4. The third kappa shape index (κ3) is 4.44. The molecule has 0 saturated carbocycles. The van der Waals surface area contributed by atoms with E-state index in [1.807, 2.05) is 0 Å². The van der Waals surface area contributed by atoms with Gasteiger partial charge < -0.3 is 4.57 Å². The van der Waals surface area contributed by atoms with Gasteiger partial charge in [-0.25, -0.2) is 9.97 Å². The molecule has 0 N–H and O–H groups in total. The average Bonchev–Trinajstić information content (AvgIpc) is 3.68. The molecule has 4 heteroatoms. The third-order valence-electron chi connectivity index (χ3n) is 9.71. The molecule has 0 aliphatic rings. The van der Waals surface area contributed by atoms with Crippen molar-refractivity contribution in [2.24, 2.45) is 0 Å². The lowest BCUT2D eigenvalue weighted by Crippen LogP contribution is -2.04. The highest BCUT2D eigenvalue weighted by atomic mass is 15.2. The zero-order valence-electron chi connectivity index (χ0n) is 27.1. The van der Waals surface area contributed by atoms with Crippen LogP contribution in [0.25, 0.3) is 77.8 Å². The van der Waals surface area contributed by atoms with Crippen molar-refractivity contribution in [1.82, 2.24) is 19.1 Å². The quantitative estimate of drug-likeness (QED) is 0.186. The summed E-state index contributed by atoms with van der Waals surface area (Å²) in [6.45, 7) is 4.38. The van der Waals surface area contributed by atoms with E-state index in [0.717, 1.165) is 57.6 Å². The first kappa shape index (κ1) is 28.2. The summed E-state index contributed by atoms with van der Waals surface area (Å²) in [5.74, 6) is 0.664. The third-order valence-corrected chi connectivity index (χ3v) is 9.71. The van der Waals surface area contributed by atoms with Gasteiger partial charge in [0.25, 0.3) is 0 Å². The van der Waals surface area contributed by atoms with Crippen LogP contribution in [-0.2, 0) is 12.8 Å². The van der Waals surface area contributed by atoms with E-state index in [0.29, 0.717) is 5.95 Å². The van der Waals surface area contributed by atoms with Gasteiger partial charge >= 0.3 is 0 Å². The molecule has 0 unspecified atom stereocenters. The van der Waals surface area contributed by atoms with Crippen LogP contribution >= 0.6 is 0 Å². The van der Waals surface area contributed by atoms with E-state index in [4.69, 9.17) is 9.97 Å².